The van der Waals surface area contributed by atoms with Crippen molar-refractivity contribution in [3.05, 3.63) is 30.3 Å². The summed E-state index contributed by atoms with van der Waals surface area (Å²) in [5, 5.41) is 3.02. The van der Waals surface area contributed by atoms with Crippen molar-refractivity contribution in [3.8, 4) is 0 Å². The average molecular weight is 322 g/mol. The van der Waals surface area contributed by atoms with Crippen LogP contribution in [0.2, 0.25) is 0 Å². The van der Waals surface area contributed by atoms with E-state index in [1.54, 1.807) is 30.3 Å². The maximum Gasteiger partial charge on any atom is 0.243 e. The summed E-state index contributed by atoms with van der Waals surface area (Å²) in [5.41, 5.74) is 0. The van der Waals surface area contributed by atoms with Crippen LogP contribution in [0.4, 0.5) is 0 Å². The Labute approximate surface area is 131 Å². The molecule has 0 aliphatic heterocycles. The first-order valence-electron chi connectivity index (χ1n) is 7.77. The summed E-state index contributed by atoms with van der Waals surface area (Å²) in [6.07, 6.45) is 4.72. The molecular formula is C16H22N2O3S. The molecule has 2 saturated carbocycles. The van der Waals surface area contributed by atoms with Crippen LogP contribution < -0.4 is 5.32 Å². The molecule has 0 heterocycles. The monoisotopic (exact) mass is 322 g/mol. The molecule has 0 aromatic heterocycles. The molecule has 3 atom stereocenters. The van der Waals surface area contributed by atoms with Crippen LogP contribution in [-0.4, -0.2) is 38.3 Å². The zero-order chi connectivity index (χ0) is 15.7. The van der Waals surface area contributed by atoms with Gasteiger partial charge in [0, 0.05) is 13.1 Å². The lowest BCUT2D eigenvalue weighted by Gasteiger charge is -2.24. The fraction of sp³-hybridized carbons (Fsp3) is 0.562. The molecule has 1 aromatic rings. The second-order valence-corrected chi connectivity index (χ2v) is 8.47. The smallest absolute Gasteiger partial charge is 0.243 e. The molecule has 6 heteroatoms. The van der Waals surface area contributed by atoms with Gasteiger partial charge in [-0.1, -0.05) is 24.6 Å². The van der Waals surface area contributed by atoms with Crippen LogP contribution in [0.3, 0.4) is 0 Å². The second-order valence-electron chi connectivity index (χ2n) is 6.42. The van der Waals surface area contributed by atoms with Crippen molar-refractivity contribution in [3.63, 3.8) is 0 Å². The minimum absolute atomic E-state index is 0.134. The Morgan fingerprint density at radius 3 is 2.55 bits per heavy atom. The number of carbonyl (C=O) groups excluding carboxylic acids is 1. The van der Waals surface area contributed by atoms with E-state index < -0.39 is 10.0 Å². The molecular weight excluding hydrogens is 300 g/mol. The predicted octanol–water partition coefficient (Wildman–Crippen LogP) is 1.61. The van der Waals surface area contributed by atoms with Crippen molar-refractivity contribution in [2.75, 3.05) is 13.6 Å². The van der Waals surface area contributed by atoms with E-state index in [1.165, 1.54) is 26.3 Å². The van der Waals surface area contributed by atoms with Crippen molar-refractivity contribution in [1.82, 2.24) is 9.62 Å². The Hall–Kier alpha value is -1.40. The summed E-state index contributed by atoms with van der Waals surface area (Å²) >= 11 is 0. The van der Waals surface area contributed by atoms with Gasteiger partial charge < -0.3 is 5.32 Å². The normalized spacial score (nSPS) is 27.3. The highest BCUT2D eigenvalue weighted by Gasteiger charge is 2.40. The van der Waals surface area contributed by atoms with Gasteiger partial charge in [-0.15, -0.1) is 0 Å². The lowest BCUT2D eigenvalue weighted by molar-refractivity contribution is -0.122. The third-order valence-electron chi connectivity index (χ3n) is 4.90. The molecule has 1 amide bonds. The molecule has 1 aromatic carbocycles. The van der Waals surface area contributed by atoms with Gasteiger partial charge in [0.15, 0.2) is 0 Å². The molecule has 0 radical (unpaired) electrons. The summed E-state index contributed by atoms with van der Waals surface area (Å²) < 4.78 is 25.9. The quantitative estimate of drug-likeness (QED) is 0.895. The van der Waals surface area contributed by atoms with Gasteiger partial charge in [-0.2, -0.15) is 4.31 Å². The molecule has 22 heavy (non-hydrogen) atoms. The van der Waals surface area contributed by atoms with Crippen LogP contribution in [0.25, 0.3) is 0 Å². The van der Waals surface area contributed by atoms with E-state index in [0.29, 0.717) is 5.92 Å². The van der Waals surface area contributed by atoms with Crippen LogP contribution in [0.1, 0.15) is 25.7 Å². The standard InChI is InChI=1S/C16H22N2O3S/c1-18(22(20,21)14-5-3-2-4-6-14)11-16(19)17-15-10-12-7-8-13(15)9-12/h2-6,12-13,15H,7-11H2,1H3,(H,17,19)/t12-,13-,15+/m0/s1. The highest BCUT2D eigenvalue weighted by molar-refractivity contribution is 7.89. The van der Waals surface area contributed by atoms with E-state index in [0.717, 1.165) is 16.6 Å². The number of carbonyl (C=O) groups is 1. The SMILES string of the molecule is CN(CC(=O)N[C@@H]1C[C@H]2CC[C@H]1C2)S(=O)(=O)c1ccccc1. The number of fused-ring (bicyclic) bond motifs is 2. The van der Waals surface area contributed by atoms with Gasteiger partial charge in [-0.25, -0.2) is 8.42 Å². The van der Waals surface area contributed by atoms with E-state index in [2.05, 4.69) is 5.32 Å². The van der Waals surface area contributed by atoms with Gasteiger partial charge in [0.05, 0.1) is 11.4 Å². The van der Waals surface area contributed by atoms with Gasteiger partial charge in [0.2, 0.25) is 15.9 Å². The topological polar surface area (TPSA) is 66.5 Å². The summed E-state index contributed by atoms with van der Waals surface area (Å²) in [4.78, 5) is 12.4. The Morgan fingerprint density at radius 1 is 1.23 bits per heavy atom. The summed E-state index contributed by atoms with van der Waals surface area (Å²) in [5.74, 6) is 1.13. The highest BCUT2D eigenvalue weighted by Crippen LogP contribution is 2.44. The number of amides is 1. The third kappa shape index (κ3) is 3.03. The fourth-order valence-electron chi connectivity index (χ4n) is 3.73. The number of benzene rings is 1. The first-order chi connectivity index (χ1) is 10.5. The number of sulfonamides is 1. The van der Waals surface area contributed by atoms with Crippen LogP contribution in [0, 0.1) is 11.8 Å². The van der Waals surface area contributed by atoms with E-state index in [-0.39, 0.29) is 23.4 Å². The summed E-state index contributed by atoms with van der Waals surface area (Å²) in [7, 11) is -2.16. The van der Waals surface area contributed by atoms with Gasteiger partial charge >= 0.3 is 0 Å². The molecule has 0 spiro atoms. The maximum atomic E-state index is 12.4. The van der Waals surface area contributed by atoms with Gasteiger partial charge in [-0.3, -0.25) is 4.79 Å². The molecule has 2 fully saturated rings. The second kappa shape index (κ2) is 6.01. The number of nitrogens with zero attached hydrogens (tertiary/aromatic N) is 1. The average Bonchev–Trinajstić information content (AvgIpc) is 3.10. The highest BCUT2D eigenvalue weighted by atomic mass is 32.2. The van der Waals surface area contributed by atoms with Crippen molar-refractivity contribution < 1.29 is 13.2 Å². The Kier molecular flexibility index (Phi) is 4.23. The fourth-order valence-corrected chi connectivity index (χ4v) is 4.88. The number of rotatable bonds is 5. The molecule has 2 aliphatic rings. The Morgan fingerprint density at radius 2 is 1.95 bits per heavy atom. The van der Waals surface area contributed by atoms with E-state index in [9.17, 15) is 13.2 Å². The molecule has 0 unspecified atom stereocenters. The maximum absolute atomic E-state index is 12.4. The summed E-state index contributed by atoms with van der Waals surface area (Å²) in [6.45, 7) is -0.134. The Bertz CT molecular complexity index is 645. The van der Waals surface area contributed by atoms with Gasteiger partial charge in [0.25, 0.3) is 0 Å². The first-order valence-corrected chi connectivity index (χ1v) is 9.21. The zero-order valence-corrected chi connectivity index (χ0v) is 13.6. The molecule has 120 valence electrons. The number of hydrogen-bond acceptors (Lipinski definition) is 3. The number of likely N-dealkylation sites (N-methyl/N-ethyl adjacent to an activating group) is 1. The van der Waals surface area contributed by atoms with E-state index in [4.69, 9.17) is 0 Å². The number of nitrogens with one attached hydrogen (secondary N) is 1. The van der Waals surface area contributed by atoms with Gasteiger partial charge in [-0.05, 0) is 43.2 Å². The lowest BCUT2D eigenvalue weighted by Crippen LogP contribution is -2.44. The van der Waals surface area contributed by atoms with Crippen molar-refractivity contribution in [2.24, 2.45) is 11.8 Å². The minimum atomic E-state index is -3.61. The van der Waals surface area contributed by atoms with Crippen LogP contribution in [0.5, 0.6) is 0 Å². The minimum Gasteiger partial charge on any atom is -0.352 e. The summed E-state index contributed by atoms with van der Waals surface area (Å²) in [6, 6.07) is 8.44. The van der Waals surface area contributed by atoms with E-state index >= 15 is 0 Å². The van der Waals surface area contributed by atoms with Crippen LogP contribution in [-0.2, 0) is 14.8 Å². The van der Waals surface area contributed by atoms with Gasteiger partial charge in [0.1, 0.15) is 0 Å². The molecule has 0 saturated heterocycles. The van der Waals surface area contributed by atoms with Crippen molar-refractivity contribution in [2.45, 2.75) is 36.6 Å². The zero-order valence-electron chi connectivity index (χ0n) is 12.7. The first kappa shape index (κ1) is 15.5. The van der Waals surface area contributed by atoms with Crippen LogP contribution in [0.15, 0.2) is 35.2 Å². The predicted molar refractivity (Wildman–Crippen MR) is 83.6 cm³/mol. The largest absolute Gasteiger partial charge is 0.352 e. The molecule has 3 rings (SSSR count). The third-order valence-corrected chi connectivity index (χ3v) is 6.72. The van der Waals surface area contributed by atoms with Crippen molar-refractivity contribution in [1.29, 1.82) is 0 Å². The lowest BCUT2D eigenvalue weighted by atomic mass is 9.95. The Balaban J connectivity index is 1.59. The van der Waals surface area contributed by atoms with E-state index in [1.807, 2.05) is 0 Å². The van der Waals surface area contributed by atoms with Crippen LogP contribution >= 0.6 is 0 Å². The van der Waals surface area contributed by atoms with Crippen molar-refractivity contribution >= 4 is 15.9 Å². The molecule has 2 aliphatic carbocycles. The molecule has 2 bridgehead atoms. The molecule has 1 N–H and O–H groups in total. The molecule has 5 nitrogen and oxygen atoms in total. The number of hydrogen-bond donors (Lipinski definition) is 1.